The lowest BCUT2D eigenvalue weighted by Crippen LogP contribution is -2.50. The van der Waals surface area contributed by atoms with Gasteiger partial charge in [-0.25, -0.2) is 8.42 Å². The van der Waals surface area contributed by atoms with Crippen LogP contribution in [0.1, 0.15) is 0 Å². The Hall–Kier alpha value is -1.41. The summed E-state index contributed by atoms with van der Waals surface area (Å²) in [5.41, 5.74) is 7.22. The zero-order valence-electron chi connectivity index (χ0n) is 10.2. The highest BCUT2D eigenvalue weighted by atomic mass is 32.2. The quantitative estimate of drug-likeness (QED) is 0.842. The van der Waals surface area contributed by atoms with Gasteiger partial charge in [0.2, 0.25) is 0 Å². The number of hydrogen-bond acceptors (Lipinski definition) is 4. The number of rotatable bonds is 3. The van der Waals surface area contributed by atoms with E-state index < -0.39 is 15.8 Å². The van der Waals surface area contributed by atoms with Crippen molar-refractivity contribution in [3.05, 3.63) is 24.3 Å². The van der Waals surface area contributed by atoms with Gasteiger partial charge in [0.25, 0.3) is 10.0 Å². The van der Waals surface area contributed by atoms with Gasteiger partial charge < -0.3 is 10.6 Å². The Balaban J connectivity index is 2.06. The Morgan fingerprint density at radius 1 is 1.11 bits per heavy atom. The van der Waals surface area contributed by atoms with Crippen LogP contribution in [0.15, 0.2) is 24.3 Å². The number of benzene rings is 1. The van der Waals surface area contributed by atoms with E-state index in [1.165, 1.54) is 0 Å². The molecule has 0 atom stereocenters. The van der Waals surface area contributed by atoms with Crippen LogP contribution in [0.25, 0.3) is 0 Å². The molecule has 19 heavy (non-hydrogen) atoms. The van der Waals surface area contributed by atoms with E-state index in [1.54, 1.807) is 12.1 Å². The number of alkyl halides is 2. The molecule has 5 nitrogen and oxygen atoms in total. The molecule has 0 saturated carbocycles. The van der Waals surface area contributed by atoms with E-state index in [0.29, 0.717) is 18.8 Å². The van der Waals surface area contributed by atoms with Crippen LogP contribution < -0.4 is 10.6 Å². The van der Waals surface area contributed by atoms with Crippen molar-refractivity contribution in [2.75, 3.05) is 36.8 Å². The average molecular weight is 291 g/mol. The number of nitrogens with two attached hydrogens (primary N) is 1. The lowest BCUT2D eigenvalue weighted by Gasteiger charge is -2.35. The molecule has 1 heterocycles. The normalized spacial score (nSPS) is 17.9. The zero-order chi connectivity index (χ0) is 14.0. The van der Waals surface area contributed by atoms with E-state index in [9.17, 15) is 17.2 Å². The van der Waals surface area contributed by atoms with Crippen LogP contribution in [0, 0.1) is 0 Å². The third-order valence-corrected chi connectivity index (χ3v) is 4.64. The van der Waals surface area contributed by atoms with Gasteiger partial charge in [-0.05, 0) is 12.1 Å². The Bertz CT molecular complexity index is 543. The molecule has 0 unspecified atom stereocenters. The van der Waals surface area contributed by atoms with E-state index >= 15 is 0 Å². The second-order valence-corrected chi connectivity index (χ2v) is 6.15. The summed E-state index contributed by atoms with van der Waals surface area (Å²) in [7, 11) is -4.47. The number of para-hydroxylation sites is 2. The number of sulfonamides is 1. The topological polar surface area (TPSA) is 66.6 Å². The fourth-order valence-electron chi connectivity index (χ4n) is 2.07. The Labute approximate surface area is 110 Å². The van der Waals surface area contributed by atoms with Crippen LogP contribution in [-0.4, -0.2) is 44.7 Å². The number of nitrogen functional groups attached to an aromatic ring is 1. The minimum Gasteiger partial charge on any atom is -0.397 e. The molecule has 1 aromatic rings. The first kappa shape index (κ1) is 14.0. The van der Waals surface area contributed by atoms with Crippen LogP contribution >= 0.6 is 0 Å². The van der Waals surface area contributed by atoms with Crippen molar-refractivity contribution in [3.63, 3.8) is 0 Å². The molecule has 0 amide bonds. The summed E-state index contributed by atoms with van der Waals surface area (Å²) in [4.78, 5) is 1.90. The molecule has 2 N–H and O–H groups in total. The molecule has 0 spiro atoms. The van der Waals surface area contributed by atoms with Gasteiger partial charge in [-0.15, -0.1) is 0 Å². The summed E-state index contributed by atoms with van der Waals surface area (Å²) in [6.45, 7) is 0.780. The summed E-state index contributed by atoms with van der Waals surface area (Å²) in [5.74, 6) is -3.36. The van der Waals surface area contributed by atoms with E-state index in [2.05, 4.69) is 0 Å². The molecular weight excluding hydrogens is 276 g/mol. The molecule has 0 aliphatic carbocycles. The van der Waals surface area contributed by atoms with Crippen molar-refractivity contribution < 1.29 is 17.2 Å². The number of nitrogens with zero attached hydrogens (tertiary/aromatic N) is 2. The molecule has 1 fully saturated rings. The van der Waals surface area contributed by atoms with Gasteiger partial charge in [0.1, 0.15) is 0 Å². The van der Waals surface area contributed by atoms with Crippen LogP contribution in [-0.2, 0) is 10.0 Å². The van der Waals surface area contributed by atoms with Crippen molar-refractivity contribution in [2.24, 2.45) is 0 Å². The Kier molecular flexibility index (Phi) is 3.91. The van der Waals surface area contributed by atoms with Gasteiger partial charge in [-0.3, -0.25) is 0 Å². The van der Waals surface area contributed by atoms with E-state index in [-0.39, 0.29) is 13.1 Å². The van der Waals surface area contributed by atoms with Crippen LogP contribution in [0.5, 0.6) is 0 Å². The number of anilines is 2. The summed E-state index contributed by atoms with van der Waals surface area (Å²) in [5, 5.41) is 0. The SMILES string of the molecule is Nc1ccccc1N1CCN(S(=O)(=O)C(F)F)CC1. The van der Waals surface area contributed by atoms with Gasteiger partial charge >= 0.3 is 5.76 Å². The predicted molar refractivity (Wildman–Crippen MR) is 69.6 cm³/mol. The van der Waals surface area contributed by atoms with Gasteiger partial charge in [-0.2, -0.15) is 13.1 Å². The third-order valence-electron chi connectivity index (χ3n) is 3.10. The molecule has 0 bridgehead atoms. The third kappa shape index (κ3) is 2.79. The Morgan fingerprint density at radius 2 is 1.68 bits per heavy atom. The number of halogens is 2. The van der Waals surface area contributed by atoms with E-state index in [4.69, 9.17) is 5.73 Å². The van der Waals surface area contributed by atoms with Gasteiger partial charge in [0.15, 0.2) is 0 Å². The molecule has 106 valence electrons. The van der Waals surface area contributed by atoms with Crippen molar-refractivity contribution >= 4 is 21.4 Å². The highest BCUT2D eigenvalue weighted by Crippen LogP contribution is 2.24. The van der Waals surface area contributed by atoms with E-state index in [0.717, 1.165) is 9.99 Å². The van der Waals surface area contributed by atoms with E-state index in [1.807, 2.05) is 17.0 Å². The summed E-state index contributed by atoms with van der Waals surface area (Å²) < 4.78 is 48.3. The zero-order valence-corrected chi connectivity index (χ0v) is 11.0. The van der Waals surface area contributed by atoms with Gasteiger partial charge in [0.05, 0.1) is 11.4 Å². The fourth-order valence-corrected chi connectivity index (χ4v) is 2.97. The number of hydrogen-bond donors (Lipinski definition) is 1. The average Bonchev–Trinajstić information content (AvgIpc) is 2.39. The minimum absolute atomic E-state index is 0.0427. The molecule has 1 aliphatic rings. The van der Waals surface area contributed by atoms with Crippen LogP contribution in [0.3, 0.4) is 0 Å². The summed E-state index contributed by atoms with van der Waals surface area (Å²) >= 11 is 0. The molecular formula is C11H15F2N3O2S. The number of piperazine rings is 1. The second-order valence-electron chi connectivity index (χ2n) is 4.25. The summed E-state index contributed by atoms with van der Waals surface area (Å²) in [6, 6.07) is 7.20. The van der Waals surface area contributed by atoms with Crippen molar-refractivity contribution in [1.82, 2.24) is 4.31 Å². The first-order chi connectivity index (χ1) is 8.93. The molecule has 2 rings (SSSR count). The minimum atomic E-state index is -4.47. The van der Waals surface area contributed by atoms with Crippen molar-refractivity contribution in [2.45, 2.75) is 5.76 Å². The lowest BCUT2D eigenvalue weighted by molar-refractivity contribution is 0.217. The maximum atomic E-state index is 12.4. The molecule has 1 saturated heterocycles. The van der Waals surface area contributed by atoms with Crippen molar-refractivity contribution in [1.29, 1.82) is 0 Å². The van der Waals surface area contributed by atoms with Crippen LogP contribution in [0.4, 0.5) is 20.2 Å². The predicted octanol–water partition coefficient (Wildman–Crippen LogP) is 0.943. The molecule has 1 aliphatic heterocycles. The monoisotopic (exact) mass is 291 g/mol. The molecule has 1 aromatic carbocycles. The van der Waals surface area contributed by atoms with Gasteiger partial charge in [-0.1, -0.05) is 12.1 Å². The highest BCUT2D eigenvalue weighted by molar-refractivity contribution is 7.89. The first-order valence-electron chi connectivity index (χ1n) is 5.79. The molecule has 8 heteroatoms. The fraction of sp³-hybridized carbons (Fsp3) is 0.455. The standard InChI is InChI=1S/C11H15F2N3O2S/c12-11(13)19(17,18)16-7-5-15(6-8-16)10-4-2-1-3-9(10)14/h1-4,11H,5-8,14H2. The second kappa shape index (κ2) is 5.30. The van der Waals surface area contributed by atoms with Gasteiger partial charge in [0, 0.05) is 26.2 Å². The summed E-state index contributed by atoms with van der Waals surface area (Å²) in [6.07, 6.45) is 0. The maximum absolute atomic E-state index is 12.4. The van der Waals surface area contributed by atoms with Crippen molar-refractivity contribution in [3.8, 4) is 0 Å². The maximum Gasteiger partial charge on any atom is 0.350 e. The first-order valence-corrected chi connectivity index (χ1v) is 7.30. The van der Waals surface area contributed by atoms with Crippen LogP contribution in [0.2, 0.25) is 0 Å². The molecule has 0 aromatic heterocycles. The molecule has 0 radical (unpaired) electrons. The Morgan fingerprint density at radius 3 is 2.21 bits per heavy atom. The lowest BCUT2D eigenvalue weighted by atomic mass is 10.2. The smallest absolute Gasteiger partial charge is 0.350 e. The largest absolute Gasteiger partial charge is 0.397 e. The highest BCUT2D eigenvalue weighted by Gasteiger charge is 2.34.